The predicted octanol–water partition coefficient (Wildman–Crippen LogP) is 5.67. The standard InChI is InChI=1S/C27H34F2N2O/c1-7-24(12-13-30-6)31-27(32)20(5)19(4)25(15-21-8-10-22(28)11-9-21)26-16-23(29)14-17(2)18(26)3/h7-11,14-16,19-20,24,30H,1,12-13H2,2-6H3,(H,31,32)/b25-15+. The molecule has 0 saturated heterocycles. The molecule has 2 N–H and O–H groups in total. The minimum absolute atomic E-state index is 0.0886. The van der Waals surface area contributed by atoms with Crippen LogP contribution in [0.25, 0.3) is 11.6 Å². The number of halogens is 2. The molecule has 2 aromatic rings. The zero-order valence-corrected chi connectivity index (χ0v) is 19.6. The second-order valence-corrected chi connectivity index (χ2v) is 8.37. The van der Waals surface area contributed by atoms with E-state index in [1.54, 1.807) is 18.2 Å². The van der Waals surface area contributed by atoms with Gasteiger partial charge in [0.1, 0.15) is 11.6 Å². The number of rotatable bonds is 10. The number of allylic oxidation sites excluding steroid dienone is 1. The molecule has 0 fully saturated rings. The van der Waals surface area contributed by atoms with Crippen molar-refractivity contribution in [3.05, 3.63) is 82.9 Å². The number of aryl methyl sites for hydroxylation is 1. The summed E-state index contributed by atoms with van der Waals surface area (Å²) in [7, 11) is 1.86. The molecule has 0 spiro atoms. The molecule has 172 valence electrons. The molecule has 2 aromatic carbocycles. The van der Waals surface area contributed by atoms with Crippen molar-refractivity contribution < 1.29 is 13.6 Å². The third kappa shape index (κ3) is 6.60. The molecule has 0 bridgehead atoms. The van der Waals surface area contributed by atoms with Crippen molar-refractivity contribution in [3.8, 4) is 0 Å². The number of amides is 1. The van der Waals surface area contributed by atoms with Gasteiger partial charge in [0.25, 0.3) is 0 Å². The van der Waals surface area contributed by atoms with Gasteiger partial charge in [-0.25, -0.2) is 8.78 Å². The number of carbonyl (C=O) groups is 1. The van der Waals surface area contributed by atoms with Gasteiger partial charge in [-0.05, 0) is 91.9 Å². The van der Waals surface area contributed by atoms with Crippen LogP contribution >= 0.6 is 0 Å². The highest BCUT2D eigenvalue weighted by Gasteiger charge is 2.26. The zero-order valence-electron chi connectivity index (χ0n) is 19.6. The van der Waals surface area contributed by atoms with Crippen molar-refractivity contribution in [1.82, 2.24) is 10.6 Å². The lowest BCUT2D eigenvalue weighted by Gasteiger charge is -2.26. The molecule has 0 aliphatic rings. The molecule has 1 amide bonds. The van der Waals surface area contributed by atoms with Gasteiger partial charge in [0, 0.05) is 12.0 Å². The van der Waals surface area contributed by atoms with E-state index in [2.05, 4.69) is 17.2 Å². The van der Waals surface area contributed by atoms with Crippen LogP contribution in [0.1, 0.15) is 42.5 Å². The van der Waals surface area contributed by atoms with Crippen molar-refractivity contribution in [3.63, 3.8) is 0 Å². The molecule has 0 heterocycles. The summed E-state index contributed by atoms with van der Waals surface area (Å²) in [6, 6.07) is 9.03. The lowest BCUT2D eigenvalue weighted by molar-refractivity contribution is -0.125. The lowest BCUT2D eigenvalue weighted by Crippen LogP contribution is -2.40. The highest BCUT2D eigenvalue weighted by atomic mass is 19.1. The third-order valence-corrected chi connectivity index (χ3v) is 6.11. The Kier molecular flexibility index (Phi) is 9.33. The van der Waals surface area contributed by atoms with Crippen molar-refractivity contribution >= 4 is 17.6 Å². The van der Waals surface area contributed by atoms with Gasteiger partial charge in [-0.2, -0.15) is 0 Å². The number of hydrogen-bond donors (Lipinski definition) is 2. The highest BCUT2D eigenvalue weighted by molar-refractivity contribution is 5.88. The van der Waals surface area contributed by atoms with Gasteiger partial charge in [0.05, 0.1) is 0 Å². The highest BCUT2D eigenvalue weighted by Crippen LogP contribution is 2.35. The van der Waals surface area contributed by atoms with E-state index in [-0.39, 0.29) is 35.4 Å². The fourth-order valence-electron chi connectivity index (χ4n) is 3.67. The Morgan fingerprint density at radius 2 is 1.72 bits per heavy atom. The van der Waals surface area contributed by atoms with E-state index in [1.807, 2.05) is 40.8 Å². The molecule has 5 heteroatoms. The lowest BCUT2D eigenvalue weighted by atomic mass is 9.81. The molecule has 2 rings (SSSR count). The van der Waals surface area contributed by atoms with Crippen LogP contribution in [0.3, 0.4) is 0 Å². The maximum atomic E-state index is 14.3. The zero-order chi connectivity index (χ0) is 23.8. The summed E-state index contributed by atoms with van der Waals surface area (Å²) in [4.78, 5) is 13.0. The Hall–Kier alpha value is -2.79. The molecule has 3 nitrogen and oxygen atoms in total. The molecule has 0 radical (unpaired) electrons. The number of nitrogens with one attached hydrogen (secondary N) is 2. The molecule has 0 aliphatic carbocycles. The molecule has 3 atom stereocenters. The van der Waals surface area contributed by atoms with Gasteiger partial charge >= 0.3 is 0 Å². The Labute approximate surface area is 190 Å². The van der Waals surface area contributed by atoms with E-state index < -0.39 is 0 Å². The average molecular weight is 441 g/mol. The second-order valence-electron chi connectivity index (χ2n) is 8.37. The smallest absolute Gasteiger partial charge is 0.223 e. The van der Waals surface area contributed by atoms with Crippen LogP contribution in [0.5, 0.6) is 0 Å². The summed E-state index contributed by atoms with van der Waals surface area (Å²) in [5.41, 5.74) is 4.18. The van der Waals surface area contributed by atoms with Gasteiger partial charge < -0.3 is 10.6 Å². The van der Waals surface area contributed by atoms with E-state index in [0.29, 0.717) is 0 Å². The summed E-state index contributed by atoms with van der Waals surface area (Å²) in [5.74, 6) is -1.32. The van der Waals surface area contributed by atoms with E-state index in [9.17, 15) is 13.6 Å². The van der Waals surface area contributed by atoms with Crippen LogP contribution in [0, 0.1) is 37.3 Å². The Morgan fingerprint density at radius 3 is 2.31 bits per heavy atom. The normalized spacial score (nSPS) is 14.5. The van der Waals surface area contributed by atoms with Crippen molar-refractivity contribution in [2.75, 3.05) is 13.6 Å². The van der Waals surface area contributed by atoms with Crippen molar-refractivity contribution in [2.24, 2.45) is 11.8 Å². The molecule has 0 aromatic heterocycles. The Morgan fingerprint density at radius 1 is 1.06 bits per heavy atom. The van der Waals surface area contributed by atoms with Crippen molar-refractivity contribution in [1.29, 1.82) is 0 Å². The van der Waals surface area contributed by atoms with Crippen LogP contribution in [0.4, 0.5) is 8.78 Å². The molecule has 0 saturated carbocycles. The summed E-state index contributed by atoms with van der Waals surface area (Å²) >= 11 is 0. The molecule has 32 heavy (non-hydrogen) atoms. The quantitative estimate of drug-likeness (QED) is 0.369. The van der Waals surface area contributed by atoms with Gasteiger partial charge in [0.2, 0.25) is 5.91 Å². The van der Waals surface area contributed by atoms with Crippen LogP contribution in [0.15, 0.2) is 49.1 Å². The summed E-state index contributed by atoms with van der Waals surface area (Å²) in [6.45, 7) is 12.2. The molecular weight excluding hydrogens is 406 g/mol. The van der Waals surface area contributed by atoms with Gasteiger partial charge in [-0.3, -0.25) is 4.79 Å². The van der Waals surface area contributed by atoms with E-state index in [1.165, 1.54) is 24.3 Å². The fraction of sp³-hybridized carbons (Fsp3) is 0.370. The first kappa shape index (κ1) is 25.5. The third-order valence-electron chi connectivity index (χ3n) is 6.11. The SMILES string of the molecule is C=CC(CCNC)NC(=O)C(C)C(C)/C(=C\c1ccc(F)cc1)c1cc(F)cc(C)c1C. The van der Waals surface area contributed by atoms with Gasteiger partial charge in [0.15, 0.2) is 0 Å². The Balaban J connectivity index is 2.44. The molecule has 3 unspecified atom stereocenters. The second kappa shape index (κ2) is 11.7. The van der Waals surface area contributed by atoms with E-state index in [0.717, 1.165) is 40.8 Å². The van der Waals surface area contributed by atoms with Crippen LogP contribution in [-0.2, 0) is 4.79 Å². The first-order valence-electron chi connectivity index (χ1n) is 11.0. The fourth-order valence-corrected chi connectivity index (χ4v) is 3.67. The van der Waals surface area contributed by atoms with Crippen LogP contribution < -0.4 is 10.6 Å². The minimum Gasteiger partial charge on any atom is -0.350 e. The number of benzene rings is 2. The minimum atomic E-state index is -0.373. The summed E-state index contributed by atoms with van der Waals surface area (Å²) in [5, 5.41) is 6.12. The maximum absolute atomic E-state index is 14.3. The predicted molar refractivity (Wildman–Crippen MR) is 129 cm³/mol. The largest absolute Gasteiger partial charge is 0.350 e. The number of carbonyl (C=O) groups excluding carboxylic acids is 1. The first-order chi connectivity index (χ1) is 15.2. The summed E-state index contributed by atoms with van der Waals surface area (Å²) in [6.07, 6.45) is 4.40. The van der Waals surface area contributed by atoms with Gasteiger partial charge in [-0.15, -0.1) is 6.58 Å². The van der Waals surface area contributed by atoms with Gasteiger partial charge in [-0.1, -0.05) is 38.1 Å². The monoisotopic (exact) mass is 440 g/mol. The van der Waals surface area contributed by atoms with E-state index >= 15 is 0 Å². The van der Waals surface area contributed by atoms with E-state index in [4.69, 9.17) is 0 Å². The molecule has 0 aliphatic heterocycles. The summed E-state index contributed by atoms with van der Waals surface area (Å²) < 4.78 is 27.8. The van der Waals surface area contributed by atoms with Crippen LogP contribution in [0.2, 0.25) is 0 Å². The molecular formula is C27H34F2N2O. The maximum Gasteiger partial charge on any atom is 0.223 e. The van der Waals surface area contributed by atoms with Crippen LogP contribution in [-0.4, -0.2) is 25.5 Å². The Bertz CT molecular complexity index is 966. The number of hydrogen-bond acceptors (Lipinski definition) is 2. The average Bonchev–Trinajstić information content (AvgIpc) is 2.77. The topological polar surface area (TPSA) is 41.1 Å². The first-order valence-corrected chi connectivity index (χ1v) is 11.0. The van der Waals surface area contributed by atoms with Crippen molar-refractivity contribution in [2.45, 2.75) is 40.2 Å².